The van der Waals surface area contributed by atoms with Gasteiger partial charge in [-0.25, -0.2) is 4.39 Å². The number of halogens is 1. The zero-order valence-corrected chi connectivity index (χ0v) is 13.5. The Balaban J connectivity index is 2.17. The third-order valence-electron chi connectivity index (χ3n) is 3.80. The second-order valence-electron chi connectivity index (χ2n) is 5.34. The van der Waals surface area contributed by atoms with Crippen LogP contribution in [0.1, 0.15) is 37.9 Å². The van der Waals surface area contributed by atoms with Gasteiger partial charge < -0.3 is 4.90 Å². The van der Waals surface area contributed by atoms with Gasteiger partial charge in [0.05, 0.1) is 6.04 Å². The lowest BCUT2D eigenvalue weighted by Crippen LogP contribution is -2.33. The summed E-state index contributed by atoms with van der Waals surface area (Å²) in [7, 11) is 0. The molecule has 1 aliphatic heterocycles. The number of rotatable bonds is 7. The van der Waals surface area contributed by atoms with Crippen molar-refractivity contribution in [1.29, 1.82) is 0 Å². The van der Waals surface area contributed by atoms with Crippen molar-refractivity contribution >= 4 is 17.7 Å². The Bertz CT molecular complexity index is 483. The first-order valence-electron chi connectivity index (χ1n) is 7.48. The molecule has 2 unspecified atom stereocenters. The highest BCUT2D eigenvalue weighted by Crippen LogP contribution is 2.27. The molecule has 0 saturated carbocycles. The van der Waals surface area contributed by atoms with E-state index in [1.54, 1.807) is 17.8 Å². The van der Waals surface area contributed by atoms with E-state index >= 15 is 0 Å². The molecule has 1 aromatic carbocycles. The van der Waals surface area contributed by atoms with Gasteiger partial charge in [-0.15, -0.1) is 0 Å². The normalized spacial score (nSPS) is 22.0. The van der Waals surface area contributed by atoms with E-state index in [0.29, 0.717) is 6.54 Å². The molecule has 21 heavy (non-hydrogen) atoms. The molecule has 0 bridgehead atoms. The molecule has 1 aromatic rings. The Hall–Kier alpha value is -1.07. The molecule has 0 aliphatic carbocycles. The van der Waals surface area contributed by atoms with Crippen LogP contribution in [0.25, 0.3) is 0 Å². The largest absolute Gasteiger partial charge is 0.321 e. The lowest BCUT2D eigenvalue weighted by Gasteiger charge is -2.24. The molecule has 2 atom stereocenters. The summed E-state index contributed by atoms with van der Waals surface area (Å²) in [6.45, 7) is 2.81. The predicted octanol–water partition coefficient (Wildman–Crippen LogP) is 3.18. The van der Waals surface area contributed by atoms with Gasteiger partial charge in [0.25, 0.3) is 0 Å². The molecule has 116 valence electrons. The summed E-state index contributed by atoms with van der Waals surface area (Å²) >= 11 is 1.71. The van der Waals surface area contributed by atoms with Crippen molar-refractivity contribution in [3.8, 4) is 0 Å². The third kappa shape index (κ3) is 3.98. The summed E-state index contributed by atoms with van der Waals surface area (Å²) in [5, 5.41) is 3.38. The molecule has 1 heterocycles. The van der Waals surface area contributed by atoms with E-state index in [-0.39, 0.29) is 23.9 Å². The first kappa shape index (κ1) is 16.3. The summed E-state index contributed by atoms with van der Waals surface area (Å²) < 4.78 is 13.5. The van der Waals surface area contributed by atoms with Gasteiger partial charge in [0.2, 0.25) is 5.91 Å². The number of nitrogens with one attached hydrogen (secondary N) is 1. The predicted molar refractivity (Wildman–Crippen MR) is 85.7 cm³/mol. The fourth-order valence-corrected chi connectivity index (χ4v) is 3.06. The maximum atomic E-state index is 13.5. The van der Waals surface area contributed by atoms with E-state index in [2.05, 4.69) is 12.2 Å². The number of amides is 1. The second-order valence-corrected chi connectivity index (χ2v) is 6.33. The molecule has 1 fully saturated rings. The molecule has 1 aliphatic rings. The van der Waals surface area contributed by atoms with Gasteiger partial charge in [0, 0.05) is 12.3 Å². The van der Waals surface area contributed by atoms with E-state index < -0.39 is 0 Å². The van der Waals surface area contributed by atoms with Gasteiger partial charge in [0.15, 0.2) is 0 Å². The van der Waals surface area contributed by atoms with Crippen LogP contribution >= 0.6 is 11.8 Å². The maximum absolute atomic E-state index is 13.5. The molecule has 3 nitrogen and oxygen atoms in total. The number of hydrogen-bond acceptors (Lipinski definition) is 3. The van der Waals surface area contributed by atoms with Gasteiger partial charge in [-0.2, -0.15) is 11.8 Å². The number of carbonyl (C=O) groups is 1. The van der Waals surface area contributed by atoms with Crippen molar-refractivity contribution < 1.29 is 9.18 Å². The van der Waals surface area contributed by atoms with Crippen LogP contribution in [0.3, 0.4) is 0 Å². The average molecular weight is 310 g/mol. The maximum Gasteiger partial charge on any atom is 0.241 e. The summed E-state index contributed by atoms with van der Waals surface area (Å²) in [5.41, 5.74) is 0.823. The molecule has 1 N–H and O–H groups in total. The van der Waals surface area contributed by atoms with Crippen molar-refractivity contribution in [2.24, 2.45) is 0 Å². The highest BCUT2D eigenvalue weighted by atomic mass is 32.2. The summed E-state index contributed by atoms with van der Waals surface area (Å²) in [5.74, 6) is 0.773. The lowest BCUT2D eigenvalue weighted by atomic mass is 10.1. The Morgan fingerprint density at radius 1 is 1.43 bits per heavy atom. The Morgan fingerprint density at radius 2 is 2.24 bits per heavy atom. The fourth-order valence-electron chi connectivity index (χ4n) is 2.68. The third-order valence-corrected chi connectivity index (χ3v) is 4.39. The number of benzene rings is 1. The Kier molecular flexibility index (Phi) is 6.06. The summed E-state index contributed by atoms with van der Waals surface area (Å²) in [4.78, 5) is 14.4. The van der Waals surface area contributed by atoms with E-state index in [0.717, 1.165) is 30.6 Å². The van der Waals surface area contributed by atoms with E-state index in [1.165, 1.54) is 12.1 Å². The van der Waals surface area contributed by atoms with Crippen molar-refractivity contribution in [2.75, 3.05) is 18.6 Å². The second kappa shape index (κ2) is 7.80. The first-order chi connectivity index (χ1) is 10.2. The van der Waals surface area contributed by atoms with Crippen molar-refractivity contribution in [3.63, 3.8) is 0 Å². The summed E-state index contributed by atoms with van der Waals surface area (Å²) in [6, 6.07) is 6.38. The van der Waals surface area contributed by atoms with Crippen LogP contribution in [0.4, 0.5) is 4.39 Å². The monoisotopic (exact) mass is 310 g/mol. The van der Waals surface area contributed by atoms with Gasteiger partial charge in [-0.3, -0.25) is 10.1 Å². The van der Waals surface area contributed by atoms with Gasteiger partial charge >= 0.3 is 0 Å². The van der Waals surface area contributed by atoms with E-state index in [1.807, 2.05) is 17.2 Å². The van der Waals surface area contributed by atoms with Crippen LogP contribution in [-0.4, -0.2) is 35.4 Å². The minimum Gasteiger partial charge on any atom is -0.321 e. The van der Waals surface area contributed by atoms with E-state index in [4.69, 9.17) is 0 Å². The molecule has 1 saturated heterocycles. The molecule has 5 heteroatoms. The number of thioether (sulfide) groups is 1. The van der Waals surface area contributed by atoms with Crippen LogP contribution in [0.15, 0.2) is 24.3 Å². The molecule has 0 spiro atoms. The van der Waals surface area contributed by atoms with Crippen LogP contribution < -0.4 is 5.32 Å². The van der Waals surface area contributed by atoms with Gasteiger partial charge in [-0.1, -0.05) is 31.9 Å². The number of unbranched alkanes of at least 4 members (excludes halogenated alkanes) is 1. The van der Waals surface area contributed by atoms with Crippen LogP contribution in [-0.2, 0) is 4.79 Å². The van der Waals surface area contributed by atoms with Crippen LogP contribution in [0.5, 0.6) is 0 Å². The van der Waals surface area contributed by atoms with Gasteiger partial charge in [-0.05, 0) is 30.4 Å². The molecule has 0 aromatic heterocycles. The van der Waals surface area contributed by atoms with Crippen molar-refractivity contribution in [3.05, 3.63) is 35.6 Å². The molecular weight excluding hydrogens is 287 g/mol. The zero-order valence-electron chi connectivity index (χ0n) is 12.6. The molecule has 0 radical (unpaired) electrons. The standard InChI is InChI=1S/C16H23FN2OS/c1-3-4-8-14-16(20)19(9-10-21-2)15(18-14)12-6-5-7-13(17)11-12/h5-7,11,14-15,18H,3-4,8-10H2,1-2H3. The van der Waals surface area contributed by atoms with Crippen molar-refractivity contribution in [2.45, 2.75) is 38.4 Å². The SMILES string of the molecule is CCCCC1NC(c2cccc(F)c2)N(CCSC)C1=O. The topological polar surface area (TPSA) is 32.3 Å². The quantitative estimate of drug-likeness (QED) is 0.839. The van der Waals surface area contributed by atoms with Crippen LogP contribution in [0.2, 0.25) is 0 Å². The smallest absolute Gasteiger partial charge is 0.241 e. The number of nitrogens with zero attached hydrogens (tertiary/aromatic N) is 1. The van der Waals surface area contributed by atoms with E-state index in [9.17, 15) is 9.18 Å². The van der Waals surface area contributed by atoms with Crippen LogP contribution in [0, 0.1) is 5.82 Å². The lowest BCUT2D eigenvalue weighted by molar-refractivity contribution is -0.130. The minimum atomic E-state index is -0.261. The molecular formula is C16H23FN2OS. The zero-order chi connectivity index (χ0) is 15.2. The first-order valence-corrected chi connectivity index (χ1v) is 8.87. The van der Waals surface area contributed by atoms with Gasteiger partial charge in [0.1, 0.15) is 12.0 Å². The fraction of sp³-hybridized carbons (Fsp3) is 0.562. The number of carbonyl (C=O) groups excluding carboxylic acids is 1. The highest BCUT2D eigenvalue weighted by molar-refractivity contribution is 7.98. The Labute approximate surface area is 130 Å². The number of hydrogen-bond donors (Lipinski definition) is 1. The molecule has 1 amide bonds. The summed E-state index contributed by atoms with van der Waals surface area (Å²) in [6.07, 6.45) is 4.76. The average Bonchev–Trinajstić information content (AvgIpc) is 2.79. The highest BCUT2D eigenvalue weighted by Gasteiger charge is 2.38. The Morgan fingerprint density at radius 3 is 2.90 bits per heavy atom. The van der Waals surface area contributed by atoms with Crippen molar-refractivity contribution in [1.82, 2.24) is 10.2 Å². The molecule has 2 rings (SSSR count). The minimum absolute atomic E-state index is 0.139.